The van der Waals surface area contributed by atoms with Crippen LogP contribution < -0.4 is 4.90 Å². The number of amides is 3. The van der Waals surface area contributed by atoms with Gasteiger partial charge >= 0.3 is 12.1 Å². The summed E-state index contributed by atoms with van der Waals surface area (Å²) < 4.78 is 39.5. The van der Waals surface area contributed by atoms with E-state index in [-0.39, 0.29) is 16.8 Å². The number of hydrogen-bond acceptors (Lipinski definition) is 3. The van der Waals surface area contributed by atoms with Gasteiger partial charge in [0, 0.05) is 10.2 Å². The van der Waals surface area contributed by atoms with Crippen molar-refractivity contribution in [2.45, 2.75) is 6.18 Å². The molecule has 0 atom stereocenters. The standard InChI is InChI=1S/C17H10BrF3N2O3/c18-10-6-7-12-13(8-10)15(25)23(14(12)24)9-22(16(26)17(19,20)21)11-4-2-1-3-5-11/h1-8H,9H2. The Hall–Kier alpha value is -2.68. The van der Waals surface area contributed by atoms with E-state index in [4.69, 9.17) is 0 Å². The molecule has 5 nitrogen and oxygen atoms in total. The Bertz CT molecular complexity index is 900. The van der Waals surface area contributed by atoms with Crippen LogP contribution in [-0.4, -0.2) is 35.5 Å². The molecule has 2 aromatic carbocycles. The van der Waals surface area contributed by atoms with Crippen LogP contribution >= 0.6 is 15.9 Å². The molecule has 0 aromatic heterocycles. The van der Waals surface area contributed by atoms with Gasteiger partial charge in [-0.2, -0.15) is 13.2 Å². The number of para-hydroxylation sites is 1. The second kappa shape index (κ2) is 6.56. The van der Waals surface area contributed by atoms with Crippen molar-refractivity contribution in [1.82, 2.24) is 4.90 Å². The number of benzene rings is 2. The highest BCUT2D eigenvalue weighted by atomic mass is 79.9. The van der Waals surface area contributed by atoms with Crippen LogP contribution in [0.2, 0.25) is 0 Å². The Morgan fingerprint density at radius 2 is 1.62 bits per heavy atom. The zero-order chi connectivity index (χ0) is 19.1. The molecule has 0 radical (unpaired) electrons. The molecule has 0 bridgehead atoms. The van der Waals surface area contributed by atoms with E-state index in [0.717, 1.165) is 0 Å². The first-order chi connectivity index (χ1) is 12.2. The smallest absolute Gasteiger partial charge is 0.286 e. The minimum atomic E-state index is -5.16. The van der Waals surface area contributed by atoms with Crippen molar-refractivity contribution in [2.75, 3.05) is 11.6 Å². The minimum absolute atomic E-state index is 0.0665. The zero-order valence-corrected chi connectivity index (χ0v) is 14.5. The van der Waals surface area contributed by atoms with E-state index in [9.17, 15) is 27.6 Å². The minimum Gasteiger partial charge on any atom is -0.286 e. The van der Waals surface area contributed by atoms with Gasteiger partial charge in [-0.15, -0.1) is 0 Å². The van der Waals surface area contributed by atoms with Crippen LogP contribution in [0.1, 0.15) is 20.7 Å². The molecule has 0 fully saturated rings. The lowest BCUT2D eigenvalue weighted by Gasteiger charge is -2.27. The molecular weight excluding hydrogens is 417 g/mol. The van der Waals surface area contributed by atoms with E-state index < -0.39 is 30.6 Å². The molecule has 0 saturated heterocycles. The number of nitrogens with zero attached hydrogens (tertiary/aromatic N) is 2. The van der Waals surface area contributed by atoms with Crippen LogP contribution in [0.5, 0.6) is 0 Å². The van der Waals surface area contributed by atoms with Crippen LogP contribution in [0.3, 0.4) is 0 Å². The lowest BCUT2D eigenvalue weighted by molar-refractivity contribution is -0.170. The lowest BCUT2D eigenvalue weighted by atomic mass is 10.1. The molecule has 0 saturated carbocycles. The van der Waals surface area contributed by atoms with Gasteiger partial charge in [0.15, 0.2) is 0 Å². The van der Waals surface area contributed by atoms with Crippen molar-refractivity contribution in [3.05, 3.63) is 64.1 Å². The second-order valence-corrected chi connectivity index (χ2v) is 6.35. The predicted octanol–water partition coefficient (Wildman–Crippen LogP) is 3.60. The van der Waals surface area contributed by atoms with Gasteiger partial charge in [-0.1, -0.05) is 34.1 Å². The van der Waals surface area contributed by atoms with Gasteiger partial charge in [-0.05, 0) is 30.3 Å². The van der Waals surface area contributed by atoms with Gasteiger partial charge in [-0.3, -0.25) is 24.2 Å². The fourth-order valence-electron chi connectivity index (χ4n) is 2.56. The van der Waals surface area contributed by atoms with E-state index in [1.807, 2.05) is 0 Å². The summed E-state index contributed by atoms with van der Waals surface area (Å²) in [6.45, 7) is -0.841. The van der Waals surface area contributed by atoms with Gasteiger partial charge < -0.3 is 0 Å². The molecule has 1 aliphatic heterocycles. The lowest BCUT2D eigenvalue weighted by Crippen LogP contribution is -2.49. The average Bonchev–Trinajstić information content (AvgIpc) is 2.83. The van der Waals surface area contributed by atoms with Gasteiger partial charge in [0.05, 0.1) is 11.1 Å². The molecule has 0 aliphatic carbocycles. The quantitative estimate of drug-likeness (QED) is 0.704. The Morgan fingerprint density at radius 1 is 1.00 bits per heavy atom. The summed E-state index contributed by atoms with van der Waals surface area (Å²) in [5.41, 5.74) is 0.0649. The summed E-state index contributed by atoms with van der Waals surface area (Å²) in [5.74, 6) is -3.68. The molecule has 0 N–H and O–H groups in total. The van der Waals surface area contributed by atoms with Crippen LogP contribution in [0.4, 0.5) is 18.9 Å². The van der Waals surface area contributed by atoms with Gasteiger partial charge in [0.2, 0.25) is 0 Å². The molecule has 1 heterocycles. The number of alkyl halides is 3. The Morgan fingerprint density at radius 3 is 2.23 bits per heavy atom. The number of imide groups is 1. The molecule has 3 rings (SSSR count). The molecule has 0 spiro atoms. The van der Waals surface area contributed by atoms with Gasteiger partial charge in [-0.25, -0.2) is 0 Å². The number of halogens is 4. The number of rotatable bonds is 3. The average molecular weight is 427 g/mol. The Kier molecular flexibility index (Phi) is 4.57. The van der Waals surface area contributed by atoms with Crippen molar-refractivity contribution < 1.29 is 27.6 Å². The van der Waals surface area contributed by atoms with Crippen LogP contribution in [-0.2, 0) is 4.79 Å². The van der Waals surface area contributed by atoms with Crippen LogP contribution in [0, 0.1) is 0 Å². The first-order valence-corrected chi connectivity index (χ1v) is 8.09. The number of carbonyl (C=O) groups excluding carboxylic acids is 3. The number of hydrogen-bond donors (Lipinski definition) is 0. The topological polar surface area (TPSA) is 57.7 Å². The monoisotopic (exact) mass is 426 g/mol. The predicted molar refractivity (Wildman–Crippen MR) is 89.5 cm³/mol. The molecule has 1 aliphatic rings. The molecule has 9 heteroatoms. The van der Waals surface area contributed by atoms with Gasteiger partial charge in [0.1, 0.15) is 6.67 Å². The van der Waals surface area contributed by atoms with E-state index in [2.05, 4.69) is 15.9 Å². The van der Waals surface area contributed by atoms with Crippen molar-refractivity contribution in [3.63, 3.8) is 0 Å². The largest absolute Gasteiger partial charge is 0.471 e. The SMILES string of the molecule is O=C1c2ccc(Br)cc2C(=O)N1CN(C(=O)C(F)(F)F)c1ccccc1. The fraction of sp³-hybridized carbons (Fsp3) is 0.118. The van der Waals surface area contributed by atoms with E-state index in [1.165, 1.54) is 36.4 Å². The highest BCUT2D eigenvalue weighted by Gasteiger charge is 2.45. The van der Waals surface area contributed by atoms with Crippen LogP contribution in [0.15, 0.2) is 53.0 Å². The van der Waals surface area contributed by atoms with E-state index >= 15 is 0 Å². The fourth-order valence-corrected chi connectivity index (χ4v) is 2.92. The normalized spacial score (nSPS) is 13.8. The number of anilines is 1. The maximum atomic E-state index is 13.0. The Labute approximate surface area is 154 Å². The maximum absolute atomic E-state index is 13.0. The van der Waals surface area contributed by atoms with Crippen molar-refractivity contribution >= 4 is 39.3 Å². The van der Waals surface area contributed by atoms with Crippen molar-refractivity contribution in [2.24, 2.45) is 0 Å². The molecule has 26 heavy (non-hydrogen) atoms. The first kappa shape index (κ1) is 18.1. The van der Waals surface area contributed by atoms with E-state index in [0.29, 0.717) is 14.3 Å². The van der Waals surface area contributed by atoms with Gasteiger partial charge in [0.25, 0.3) is 11.8 Å². The van der Waals surface area contributed by atoms with Crippen LogP contribution in [0.25, 0.3) is 0 Å². The number of carbonyl (C=O) groups is 3. The van der Waals surface area contributed by atoms with E-state index in [1.54, 1.807) is 12.1 Å². The third-order valence-electron chi connectivity index (χ3n) is 3.77. The highest BCUT2D eigenvalue weighted by molar-refractivity contribution is 9.10. The molecular formula is C17H10BrF3N2O3. The Balaban J connectivity index is 1.97. The molecule has 0 unspecified atom stereocenters. The summed E-state index contributed by atoms with van der Waals surface area (Å²) in [6, 6.07) is 11.4. The zero-order valence-electron chi connectivity index (χ0n) is 13.0. The van der Waals surface area contributed by atoms with Crippen molar-refractivity contribution in [1.29, 1.82) is 0 Å². The summed E-state index contributed by atoms with van der Waals surface area (Å²) in [4.78, 5) is 37.7. The third-order valence-corrected chi connectivity index (χ3v) is 4.26. The summed E-state index contributed by atoms with van der Waals surface area (Å²) in [5, 5.41) is 0. The maximum Gasteiger partial charge on any atom is 0.471 e. The summed E-state index contributed by atoms with van der Waals surface area (Å²) in [6.07, 6.45) is -5.16. The highest BCUT2D eigenvalue weighted by Crippen LogP contribution is 2.29. The second-order valence-electron chi connectivity index (χ2n) is 5.44. The first-order valence-electron chi connectivity index (χ1n) is 7.29. The molecule has 134 valence electrons. The molecule has 2 aromatic rings. The van der Waals surface area contributed by atoms with Crippen molar-refractivity contribution in [3.8, 4) is 0 Å². The summed E-state index contributed by atoms with van der Waals surface area (Å²) >= 11 is 3.17. The summed E-state index contributed by atoms with van der Waals surface area (Å²) in [7, 11) is 0. The third kappa shape index (κ3) is 3.22. The molecule has 3 amide bonds. The number of fused-ring (bicyclic) bond motifs is 1.